The van der Waals surface area contributed by atoms with Gasteiger partial charge in [-0.2, -0.15) is 0 Å². The summed E-state index contributed by atoms with van der Waals surface area (Å²) < 4.78 is 4.61. The Bertz CT molecular complexity index is 304. The van der Waals surface area contributed by atoms with Crippen LogP contribution in [0.25, 0.3) is 0 Å². The number of aliphatic hydroxyl groups excluding tert-OH is 1. The van der Waals surface area contributed by atoms with Crippen LogP contribution < -0.4 is 0 Å². The number of esters is 1. The molecular weight excluding hydrogens is 188 g/mol. The van der Waals surface area contributed by atoms with Crippen LogP contribution in [0.3, 0.4) is 0 Å². The van der Waals surface area contributed by atoms with Gasteiger partial charge in [0.25, 0.3) is 0 Å². The van der Waals surface area contributed by atoms with Crippen molar-refractivity contribution in [3.05, 3.63) is 21.4 Å². The number of hydrogen-bond donors (Lipinski definition) is 1. The monoisotopic (exact) mass is 200 g/mol. The topological polar surface area (TPSA) is 46.5 Å². The summed E-state index contributed by atoms with van der Waals surface area (Å²) in [6, 6.07) is 0. The predicted molar refractivity (Wildman–Crippen MR) is 51.2 cm³/mol. The second kappa shape index (κ2) is 4.39. The molecular formula is C9H12O3S. The van der Waals surface area contributed by atoms with E-state index in [1.54, 1.807) is 5.38 Å². The molecule has 0 atom stereocenters. The van der Waals surface area contributed by atoms with E-state index in [2.05, 4.69) is 4.74 Å². The number of hydrogen-bond acceptors (Lipinski definition) is 4. The van der Waals surface area contributed by atoms with Gasteiger partial charge in [0.05, 0.1) is 12.7 Å². The molecule has 1 aromatic rings. The highest BCUT2D eigenvalue weighted by Crippen LogP contribution is 2.22. The first-order chi connectivity index (χ1) is 6.20. The average Bonchev–Trinajstić information content (AvgIpc) is 2.48. The number of thiophene rings is 1. The summed E-state index contributed by atoms with van der Waals surface area (Å²) >= 11 is 1.48. The molecule has 0 fully saturated rings. The Balaban J connectivity index is 2.92. The SMILES string of the molecule is COC(=O)c1csc(CCO)c1C. The van der Waals surface area contributed by atoms with E-state index in [1.165, 1.54) is 18.4 Å². The van der Waals surface area contributed by atoms with E-state index < -0.39 is 0 Å². The van der Waals surface area contributed by atoms with Crippen LogP contribution in [0, 0.1) is 6.92 Å². The van der Waals surface area contributed by atoms with Gasteiger partial charge in [0.2, 0.25) is 0 Å². The van der Waals surface area contributed by atoms with Crippen molar-refractivity contribution in [1.29, 1.82) is 0 Å². The van der Waals surface area contributed by atoms with E-state index in [9.17, 15) is 4.79 Å². The van der Waals surface area contributed by atoms with E-state index in [-0.39, 0.29) is 12.6 Å². The zero-order valence-electron chi connectivity index (χ0n) is 7.66. The van der Waals surface area contributed by atoms with Crippen molar-refractivity contribution < 1.29 is 14.6 Å². The Morgan fingerprint density at radius 2 is 2.38 bits per heavy atom. The standard InChI is InChI=1S/C9H12O3S/c1-6-7(9(11)12-2)5-13-8(6)3-4-10/h5,10H,3-4H2,1-2H3. The van der Waals surface area contributed by atoms with Gasteiger partial charge < -0.3 is 9.84 Å². The van der Waals surface area contributed by atoms with Gasteiger partial charge in [0.15, 0.2) is 0 Å². The van der Waals surface area contributed by atoms with Gasteiger partial charge in [0.1, 0.15) is 0 Å². The summed E-state index contributed by atoms with van der Waals surface area (Å²) in [6.45, 7) is 1.98. The number of aliphatic hydroxyl groups is 1. The van der Waals surface area contributed by atoms with E-state index in [0.717, 1.165) is 10.4 Å². The van der Waals surface area contributed by atoms with Gasteiger partial charge in [-0.25, -0.2) is 4.79 Å². The Hall–Kier alpha value is -0.870. The van der Waals surface area contributed by atoms with Crippen LogP contribution in [0.1, 0.15) is 20.8 Å². The van der Waals surface area contributed by atoms with Crippen molar-refractivity contribution in [2.45, 2.75) is 13.3 Å². The Morgan fingerprint density at radius 3 is 2.92 bits per heavy atom. The zero-order chi connectivity index (χ0) is 9.84. The van der Waals surface area contributed by atoms with Crippen LogP contribution >= 0.6 is 11.3 Å². The molecule has 0 aliphatic heterocycles. The van der Waals surface area contributed by atoms with Gasteiger partial charge in [-0.15, -0.1) is 11.3 Å². The molecule has 0 saturated carbocycles. The molecule has 0 aliphatic rings. The van der Waals surface area contributed by atoms with Crippen molar-refractivity contribution in [1.82, 2.24) is 0 Å². The maximum atomic E-state index is 11.2. The molecule has 1 aromatic heterocycles. The van der Waals surface area contributed by atoms with E-state index in [0.29, 0.717) is 12.0 Å². The maximum absolute atomic E-state index is 11.2. The van der Waals surface area contributed by atoms with Crippen molar-refractivity contribution in [2.24, 2.45) is 0 Å². The Kier molecular flexibility index (Phi) is 3.45. The van der Waals surface area contributed by atoms with Crippen LogP contribution in [0.5, 0.6) is 0 Å². The number of methoxy groups -OCH3 is 1. The highest BCUT2D eigenvalue weighted by Gasteiger charge is 2.13. The predicted octanol–water partition coefficient (Wildman–Crippen LogP) is 1.38. The van der Waals surface area contributed by atoms with Crippen LogP contribution in [-0.2, 0) is 11.2 Å². The summed E-state index contributed by atoms with van der Waals surface area (Å²) in [6.07, 6.45) is 0.605. The second-order valence-corrected chi connectivity index (χ2v) is 3.63. The fourth-order valence-corrected chi connectivity index (χ4v) is 2.15. The quantitative estimate of drug-likeness (QED) is 0.750. The third-order valence-electron chi connectivity index (χ3n) is 1.89. The molecule has 1 N–H and O–H groups in total. The summed E-state index contributed by atoms with van der Waals surface area (Å²) in [4.78, 5) is 12.2. The summed E-state index contributed by atoms with van der Waals surface area (Å²) in [5, 5.41) is 10.5. The van der Waals surface area contributed by atoms with Crippen molar-refractivity contribution >= 4 is 17.3 Å². The van der Waals surface area contributed by atoms with Gasteiger partial charge in [-0.3, -0.25) is 0 Å². The maximum Gasteiger partial charge on any atom is 0.338 e. The molecule has 1 heterocycles. The first kappa shape index (κ1) is 10.2. The summed E-state index contributed by atoms with van der Waals surface area (Å²) in [7, 11) is 1.37. The fourth-order valence-electron chi connectivity index (χ4n) is 1.12. The molecule has 3 nitrogen and oxygen atoms in total. The number of carbonyl (C=O) groups excluding carboxylic acids is 1. The molecule has 13 heavy (non-hydrogen) atoms. The lowest BCUT2D eigenvalue weighted by Gasteiger charge is -1.98. The normalized spacial score (nSPS) is 10.1. The minimum absolute atomic E-state index is 0.113. The Labute approximate surface area is 81.0 Å². The molecule has 0 aliphatic carbocycles. The smallest absolute Gasteiger partial charge is 0.338 e. The molecule has 0 saturated heterocycles. The molecule has 0 amide bonds. The summed E-state index contributed by atoms with van der Waals surface area (Å²) in [5.74, 6) is -0.307. The van der Waals surface area contributed by atoms with E-state index in [4.69, 9.17) is 5.11 Å². The highest BCUT2D eigenvalue weighted by atomic mass is 32.1. The minimum atomic E-state index is -0.307. The largest absolute Gasteiger partial charge is 0.465 e. The molecule has 0 bridgehead atoms. The van der Waals surface area contributed by atoms with Crippen LogP contribution in [0.2, 0.25) is 0 Å². The molecule has 4 heteroatoms. The lowest BCUT2D eigenvalue weighted by molar-refractivity contribution is 0.0600. The molecule has 1 rings (SSSR count). The van der Waals surface area contributed by atoms with Crippen LogP contribution in [0.15, 0.2) is 5.38 Å². The van der Waals surface area contributed by atoms with Crippen molar-refractivity contribution in [3.8, 4) is 0 Å². The third-order valence-corrected chi connectivity index (χ3v) is 3.03. The zero-order valence-corrected chi connectivity index (χ0v) is 8.48. The summed E-state index contributed by atoms with van der Waals surface area (Å²) in [5.41, 5.74) is 1.53. The fraction of sp³-hybridized carbons (Fsp3) is 0.444. The minimum Gasteiger partial charge on any atom is -0.465 e. The first-order valence-corrected chi connectivity index (χ1v) is 4.84. The number of carbonyl (C=O) groups is 1. The second-order valence-electron chi connectivity index (χ2n) is 2.66. The Morgan fingerprint density at radius 1 is 1.69 bits per heavy atom. The lowest BCUT2D eigenvalue weighted by atomic mass is 10.1. The average molecular weight is 200 g/mol. The van der Waals surface area contributed by atoms with Gasteiger partial charge in [-0.05, 0) is 12.5 Å². The molecule has 72 valence electrons. The highest BCUT2D eigenvalue weighted by molar-refractivity contribution is 7.10. The first-order valence-electron chi connectivity index (χ1n) is 3.96. The molecule has 0 aromatic carbocycles. The number of rotatable bonds is 3. The number of ether oxygens (including phenoxy) is 1. The van der Waals surface area contributed by atoms with E-state index in [1.807, 2.05) is 6.92 Å². The van der Waals surface area contributed by atoms with Gasteiger partial charge >= 0.3 is 5.97 Å². The molecule has 0 radical (unpaired) electrons. The molecule has 0 unspecified atom stereocenters. The van der Waals surface area contributed by atoms with Crippen molar-refractivity contribution in [3.63, 3.8) is 0 Å². The van der Waals surface area contributed by atoms with Crippen molar-refractivity contribution in [2.75, 3.05) is 13.7 Å². The third kappa shape index (κ3) is 2.08. The molecule has 0 spiro atoms. The van der Waals surface area contributed by atoms with Crippen LogP contribution in [0.4, 0.5) is 0 Å². The van der Waals surface area contributed by atoms with Gasteiger partial charge in [-0.1, -0.05) is 0 Å². The van der Waals surface area contributed by atoms with Crippen LogP contribution in [-0.4, -0.2) is 24.8 Å². The van der Waals surface area contributed by atoms with Gasteiger partial charge in [0, 0.05) is 23.3 Å². The van der Waals surface area contributed by atoms with E-state index >= 15 is 0 Å². The lowest BCUT2D eigenvalue weighted by Crippen LogP contribution is -2.02.